The minimum atomic E-state index is 0.606. The summed E-state index contributed by atoms with van der Waals surface area (Å²) >= 11 is 0. The molecule has 0 radical (unpaired) electrons. The first-order valence-corrected chi connectivity index (χ1v) is 21.7. The van der Waals surface area contributed by atoms with Crippen LogP contribution in [0.2, 0.25) is 0 Å². The Morgan fingerprint density at radius 2 is 0.812 bits per heavy atom. The van der Waals surface area contributed by atoms with Crippen molar-refractivity contribution in [3.05, 3.63) is 224 Å². The van der Waals surface area contributed by atoms with Crippen LogP contribution >= 0.6 is 0 Å². The number of hydrogen-bond acceptors (Lipinski definition) is 3. The third-order valence-electron chi connectivity index (χ3n) is 12.7. The van der Waals surface area contributed by atoms with Gasteiger partial charge in [0.05, 0.1) is 27.8 Å². The summed E-state index contributed by atoms with van der Waals surface area (Å²) in [5, 5.41) is 9.66. The monoisotopic (exact) mass is 815 g/mol. The molecule has 0 aliphatic carbocycles. The van der Waals surface area contributed by atoms with Gasteiger partial charge in [0, 0.05) is 54.9 Å². The minimum absolute atomic E-state index is 0.606. The molecule has 0 fully saturated rings. The first kappa shape index (κ1) is 36.0. The number of para-hydroxylation sites is 2. The summed E-state index contributed by atoms with van der Waals surface area (Å²) in [6.07, 6.45) is 0. The average Bonchev–Trinajstić information content (AvgIpc) is 3.88. The predicted molar refractivity (Wildman–Crippen MR) is 265 cm³/mol. The van der Waals surface area contributed by atoms with Gasteiger partial charge in [-0.05, 0) is 76.3 Å². The molecular weight excluding hydrogens is 779 g/mol. The van der Waals surface area contributed by atoms with E-state index in [1.54, 1.807) is 0 Å². The number of fused-ring (bicyclic) bond motifs is 9. The molecule has 3 aromatic heterocycles. The lowest BCUT2D eigenvalue weighted by molar-refractivity contribution is 1.07. The van der Waals surface area contributed by atoms with Crippen molar-refractivity contribution in [2.24, 2.45) is 0 Å². The van der Waals surface area contributed by atoms with Crippen LogP contribution < -0.4 is 0 Å². The fraction of sp³-hybridized carbons (Fsp3) is 0. The van der Waals surface area contributed by atoms with Crippen LogP contribution in [-0.2, 0) is 0 Å². The van der Waals surface area contributed by atoms with Crippen LogP contribution in [0.25, 0.3) is 122 Å². The summed E-state index contributed by atoms with van der Waals surface area (Å²) in [5.74, 6) is 1.84. The van der Waals surface area contributed by atoms with Crippen LogP contribution in [0, 0.1) is 0 Å². The molecule has 0 bridgehead atoms. The molecule has 10 aromatic carbocycles. The van der Waals surface area contributed by atoms with E-state index in [1.165, 1.54) is 48.6 Å². The van der Waals surface area contributed by atoms with E-state index in [-0.39, 0.29) is 0 Å². The van der Waals surface area contributed by atoms with Crippen molar-refractivity contribution in [2.45, 2.75) is 0 Å². The van der Waals surface area contributed by atoms with E-state index >= 15 is 0 Å². The summed E-state index contributed by atoms with van der Waals surface area (Å²) in [7, 11) is 0. The third kappa shape index (κ3) is 5.75. The highest BCUT2D eigenvalue weighted by molar-refractivity contribution is 6.21. The van der Waals surface area contributed by atoms with Gasteiger partial charge in [0.2, 0.25) is 0 Å². The molecular formula is C59H37N5. The van der Waals surface area contributed by atoms with Gasteiger partial charge in [0.25, 0.3) is 0 Å². The van der Waals surface area contributed by atoms with Crippen LogP contribution in [0.1, 0.15) is 0 Å². The topological polar surface area (TPSA) is 48.5 Å². The maximum absolute atomic E-state index is 5.33. The quantitative estimate of drug-likeness (QED) is 0.168. The standard InChI is InChI=1S/C59H37N5/c1-4-16-38(17-5-1)50-35-43(30-33-53(50)64-55-36-42-22-11-10-21-41(42)34-51(55)49-32-28-39-18-12-13-25-46(39)56(49)64)58-60-57(40-19-6-2-7-20-40)61-59(62-58)44-29-31-48-47-26-14-15-27-52(47)63(54(48)37-44)45-23-8-3-9-24-45/h1-37H. The van der Waals surface area contributed by atoms with Gasteiger partial charge in [-0.3, -0.25) is 0 Å². The minimum Gasteiger partial charge on any atom is -0.309 e. The largest absolute Gasteiger partial charge is 0.309 e. The zero-order chi connectivity index (χ0) is 42.1. The number of benzene rings is 10. The lowest BCUT2D eigenvalue weighted by Crippen LogP contribution is -2.02. The number of aromatic nitrogens is 5. The Morgan fingerprint density at radius 3 is 1.56 bits per heavy atom. The Balaban J connectivity index is 1.06. The lowest BCUT2D eigenvalue weighted by atomic mass is 9.99. The Kier molecular flexibility index (Phi) is 8.15. The number of nitrogens with zero attached hydrogens (tertiary/aromatic N) is 5. The van der Waals surface area contributed by atoms with Gasteiger partial charge in [0.1, 0.15) is 0 Å². The molecule has 0 spiro atoms. The van der Waals surface area contributed by atoms with E-state index in [0.717, 1.165) is 55.7 Å². The third-order valence-corrected chi connectivity index (χ3v) is 12.7. The van der Waals surface area contributed by atoms with Crippen molar-refractivity contribution in [1.29, 1.82) is 0 Å². The van der Waals surface area contributed by atoms with Crippen LogP contribution in [0.4, 0.5) is 0 Å². The average molecular weight is 816 g/mol. The smallest absolute Gasteiger partial charge is 0.164 e. The van der Waals surface area contributed by atoms with Crippen molar-refractivity contribution in [2.75, 3.05) is 0 Å². The molecule has 3 heterocycles. The molecule has 5 nitrogen and oxygen atoms in total. The first-order valence-electron chi connectivity index (χ1n) is 21.7. The molecule has 0 saturated carbocycles. The second-order valence-electron chi connectivity index (χ2n) is 16.4. The van der Waals surface area contributed by atoms with Crippen molar-refractivity contribution in [3.63, 3.8) is 0 Å². The molecule has 298 valence electrons. The van der Waals surface area contributed by atoms with E-state index in [0.29, 0.717) is 17.5 Å². The number of hydrogen-bond donors (Lipinski definition) is 0. The molecule has 5 heteroatoms. The Labute approximate surface area is 368 Å². The van der Waals surface area contributed by atoms with Crippen molar-refractivity contribution < 1.29 is 0 Å². The highest BCUT2D eigenvalue weighted by atomic mass is 15.0. The number of rotatable bonds is 6. The second-order valence-corrected chi connectivity index (χ2v) is 16.4. The van der Waals surface area contributed by atoms with Crippen molar-refractivity contribution in [3.8, 4) is 56.7 Å². The molecule has 0 N–H and O–H groups in total. The molecule has 0 amide bonds. The van der Waals surface area contributed by atoms with Crippen LogP contribution in [0.3, 0.4) is 0 Å². The fourth-order valence-corrected chi connectivity index (χ4v) is 9.75. The molecule has 0 saturated heterocycles. The fourth-order valence-electron chi connectivity index (χ4n) is 9.75. The van der Waals surface area contributed by atoms with E-state index in [9.17, 15) is 0 Å². The molecule has 0 aliphatic rings. The van der Waals surface area contributed by atoms with E-state index in [4.69, 9.17) is 15.0 Å². The second kappa shape index (κ2) is 14.5. The first-order chi connectivity index (χ1) is 31.7. The Hall–Kier alpha value is -8.67. The maximum Gasteiger partial charge on any atom is 0.164 e. The molecule has 0 atom stereocenters. The maximum atomic E-state index is 5.33. The highest BCUT2D eigenvalue weighted by Crippen LogP contribution is 2.42. The van der Waals surface area contributed by atoms with Gasteiger partial charge < -0.3 is 9.13 Å². The predicted octanol–water partition coefficient (Wildman–Crippen LogP) is 15.0. The van der Waals surface area contributed by atoms with Crippen molar-refractivity contribution in [1.82, 2.24) is 24.1 Å². The SMILES string of the molecule is c1ccc(-c2nc(-c3ccc(-n4c5cc6ccccc6cc5c5ccc6ccccc6c54)c(-c4ccccc4)c3)nc(-c3ccc4c5ccccc5n(-c5ccccc5)c4c3)n2)cc1. The van der Waals surface area contributed by atoms with Crippen LogP contribution in [0.5, 0.6) is 0 Å². The van der Waals surface area contributed by atoms with Crippen LogP contribution in [0.15, 0.2) is 224 Å². The molecule has 64 heavy (non-hydrogen) atoms. The van der Waals surface area contributed by atoms with Gasteiger partial charge in [-0.15, -0.1) is 0 Å². The lowest BCUT2D eigenvalue weighted by Gasteiger charge is -2.17. The van der Waals surface area contributed by atoms with Gasteiger partial charge >= 0.3 is 0 Å². The zero-order valence-corrected chi connectivity index (χ0v) is 34.6. The van der Waals surface area contributed by atoms with Gasteiger partial charge in [0.15, 0.2) is 17.5 Å². The van der Waals surface area contributed by atoms with E-state index in [2.05, 4.69) is 215 Å². The van der Waals surface area contributed by atoms with Crippen LogP contribution in [-0.4, -0.2) is 24.1 Å². The zero-order valence-electron chi connectivity index (χ0n) is 34.6. The summed E-state index contributed by atoms with van der Waals surface area (Å²) in [5.41, 5.74) is 11.7. The molecule has 0 aliphatic heterocycles. The summed E-state index contributed by atoms with van der Waals surface area (Å²) in [6.45, 7) is 0. The Bertz CT molecular complexity index is 3940. The van der Waals surface area contributed by atoms with Crippen molar-refractivity contribution >= 4 is 65.2 Å². The van der Waals surface area contributed by atoms with Gasteiger partial charge in [-0.2, -0.15) is 0 Å². The molecule has 0 unspecified atom stereocenters. The molecule has 13 aromatic rings. The van der Waals surface area contributed by atoms with E-state index in [1.807, 2.05) is 18.2 Å². The van der Waals surface area contributed by atoms with Gasteiger partial charge in [-0.25, -0.2) is 15.0 Å². The van der Waals surface area contributed by atoms with E-state index < -0.39 is 0 Å². The normalized spacial score (nSPS) is 11.8. The summed E-state index contributed by atoms with van der Waals surface area (Å²) in [6, 6.07) is 79.9. The van der Waals surface area contributed by atoms with Gasteiger partial charge in [-0.1, -0.05) is 170 Å². The molecule has 13 rings (SSSR count). The highest BCUT2D eigenvalue weighted by Gasteiger charge is 2.21. The summed E-state index contributed by atoms with van der Waals surface area (Å²) < 4.78 is 4.81. The Morgan fingerprint density at radius 1 is 0.281 bits per heavy atom. The summed E-state index contributed by atoms with van der Waals surface area (Å²) in [4.78, 5) is 15.7.